The SMILES string of the molecule is CCO[C@@H](Cc1ccc(OC/C(C)=C(/C)c2ccc(Br)cc2)cc1)C(=O)O. The first kappa shape index (κ1) is 21.2. The van der Waals surface area contributed by atoms with E-state index in [1.54, 1.807) is 6.92 Å². The fraction of sp³-hybridized carbons (Fsp3) is 0.318. The molecule has 1 N–H and O–H groups in total. The molecule has 0 aliphatic rings. The minimum Gasteiger partial charge on any atom is -0.489 e. The zero-order valence-corrected chi connectivity index (χ0v) is 17.5. The second-order valence-corrected chi connectivity index (χ2v) is 7.25. The predicted molar refractivity (Wildman–Crippen MR) is 111 cm³/mol. The minimum atomic E-state index is -0.943. The Balaban J connectivity index is 1.97. The molecule has 1 atom stereocenters. The van der Waals surface area contributed by atoms with Crippen molar-refractivity contribution in [2.75, 3.05) is 13.2 Å². The van der Waals surface area contributed by atoms with Gasteiger partial charge >= 0.3 is 5.97 Å². The van der Waals surface area contributed by atoms with Crippen LogP contribution in [-0.4, -0.2) is 30.4 Å². The lowest BCUT2D eigenvalue weighted by molar-refractivity contribution is -0.149. The van der Waals surface area contributed by atoms with Gasteiger partial charge in [-0.1, -0.05) is 40.2 Å². The van der Waals surface area contributed by atoms with Crippen LogP contribution in [-0.2, 0) is 16.0 Å². The molecule has 0 saturated heterocycles. The molecule has 2 aromatic carbocycles. The Kier molecular flexibility index (Phi) is 8.07. The van der Waals surface area contributed by atoms with Crippen LogP contribution in [0.2, 0.25) is 0 Å². The van der Waals surface area contributed by atoms with Crippen LogP contribution in [0.3, 0.4) is 0 Å². The Hall–Kier alpha value is -2.11. The molecule has 0 fully saturated rings. The topological polar surface area (TPSA) is 55.8 Å². The molecule has 0 aliphatic carbocycles. The summed E-state index contributed by atoms with van der Waals surface area (Å²) in [5.74, 6) is -0.189. The van der Waals surface area contributed by atoms with E-state index in [0.717, 1.165) is 21.4 Å². The number of halogens is 1. The highest BCUT2D eigenvalue weighted by Crippen LogP contribution is 2.22. The number of hydrogen-bond acceptors (Lipinski definition) is 3. The van der Waals surface area contributed by atoms with Gasteiger partial charge in [0, 0.05) is 17.5 Å². The second kappa shape index (κ2) is 10.3. The number of carboxylic acids is 1. The van der Waals surface area contributed by atoms with Crippen LogP contribution in [0, 0.1) is 0 Å². The van der Waals surface area contributed by atoms with E-state index in [0.29, 0.717) is 19.6 Å². The Morgan fingerprint density at radius 2 is 1.70 bits per heavy atom. The highest BCUT2D eigenvalue weighted by atomic mass is 79.9. The van der Waals surface area contributed by atoms with Gasteiger partial charge in [0.15, 0.2) is 6.10 Å². The van der Waals surface area contributed by atoms with Gasteiger partial charge in [0.2, 0.25) is 0 Å². The normalized spacial score (nSPS) is 13.0. The predicted octanol–water partition coefficient (Wildman–Crippen LogP) is 5.35. The molecule has 0 amide bonds. The van der Waals surface area contributed by atoms with Gasteiger partial charge in [0.1, 0.15) is 12.4 Å². The molecule has 2 aromatic rings. The van der Waals surface area contributed by atoms with Crippen molar-refractivity contribution >= 4 is 27.5 Å². The minimum absolute atomic E-state index is 0.338. The van der Waals surface area contributed by atoms with Crippen molar-refractivity contribution in [3.05, 3.63) is 69.7 Å². The van der Waals surface area contributed by atoms with Crippen molar-refractivity contribution in [2.45, 2.75) is 33.3 Å². The van der Waals surface area contributed by atoms with Gasteiger partial charge in [-0.05, 0) is 67.3 Å². The van der Waals surface area contributed by atoms with Gasteiger partial charge in [0.25, 0.3) is 0 Å². The lowest BCUT2D eigenvalue weighted by Gasteiger charge is -2.13. The van der Waals surface area contributed by atoms with E-state index in [1.807, 2.05) is 36.4 Å². The first-order chi connectivity index (χ1) is 12.9. The van der Waals surface area contributed by atoms with Gasteiger partial charge < -0.3 is 14.6 Å². The van der Waals surface area contributed by atoms with E-state index >= 15 is 0 Å². The van der Waals surface area contributed by atoms with Crippen LogP contribution in [0.4, 0.5) is 0 Å². The molecule has 5 heteroatoms. The summed E-state index contributed by atoms with van der Waals surface area (Å²) < 4.78 is 12.2. The second-order valence-electron chi connectivity index (χ2n) is 6.33. The highest BCUT2D eigenvalue weighted by molar-refractivity contribution is 9.10. The number of aliphatic carboxylic acids is 1. The maximum absolute atomic E-state index is 11.2. The summed E-state index contributed by atoms with van der Waals surface area (Å²) >= 11 is 3.45. The van der Waals surface area contributed by atoms with Crippen molar-refractivity contribution in [1.29, 1.82) is 0 Å². The van der Waals surface area contributed by atoms with Crippen LogP contribution in [0.15, 0.2) is 58.6 Å². The number of benzene rings is 2. The Morgan fingerprint density at radius 1 is 1.07 bits per heavy atom. The first-order valence-electron chi connectivity index (χ1n) is 8.89. The Morgan fingerprint density at radius 3 is 2.26 bits per heavy atom. The molecular weight excluding hydrogens is 408 g/mol. The van der Waals surface area contributed by atoms with Crippen LogP contribution in [0.5, 0.6) is 5.75 Å². The number of carboxylic acid groups (broad SMARTS) is 1. The third-order valence-electron chi connectivity index (χ3n) is 4.36. The molecule has 0 aliphatic heterocycles. The standard InChI is InChI=1S/C22H25BrO4/c1-4-26-21(22(24)25)13-17-5-11-20(12-6-17)27-14-15(2)16(3)18-7-9-19(23)10-8-18/h5-12,21H,4,13-14H2,1-3H3,(H,24,25)/b16-15-/t21-/m0/s1. The molecule has 27 heavy (non-hydrogen) atoms. The lowest BCUT2D eigenvalue weighted by Crippen LogP contribution is -2.26. The molecule has 0 radical (unpaired) electrons. The zero-order valence-electron chi connectivity index (χ0n) is 15.9. The maximum atomic E-state index is 11.2. The number of carbonyl (C=O) groups is 1. The van der Waals surface area contributed by atoms with Crippen LogP contribution >= 0.6 is 15.9 Å². The molecule has 0 aromatic heterocycles. The summed E-state index contributed by atoms with van der Waals surface area (Å²) in [6.07, 6.45) is -0.481. The third-order valence-corrected chi connectivity index (χ3v) is 4.89. The van der Waals surface area contributed by atoms with Crippen molar-refractivity contribution in [2.24, 2.45) is 0 Å². The van der Waals surface area contributed by atoms with Gasteiger partial charge in [-0.2, -0.15) is 0 Å². The largest absolute Gasteiger partial charge is 0.489 e. The lowest BCUT2D eigenvalue weighted by atomic mass is 10.0. The monoisotopic (exact) mass is 432 g/mol. The fourth-order valence-corrected chi connectivity index (χ4v) is 2.87. The number of rotatable bonds is 9. The summed E-state index contributed by atoms with van der Waals surface area (Å²) in [7, 11) is 0. The number of ether oxygens (including phenoxy) is 2. The van der Waals surface area contributed by atoms with E-state index in [2.05, 4.69) is 41.9 Å². The van der Waals surface area contributed by atoms with Crippen LogP contribution in [0.25, 0.3) is 5.57 Å². The van der Waals surface area contributed by atoms with Gasteiger partial charge in [0.05, 0.1) is 0 Å². The van der Waals surface area contributed by atoms with Crippen LogP contribution < -0.4 is 4.74 Å². The average Bonchev–Trinajstić information content (AvgIpc) is 2.66. The smallest absolute Gasteiger partial charge is 0.333 e. The van der Waals surface area contributed by atoms with Gasteiger partial charge in [-0.15, -0.1) is 0 Å². The summed E-state index contributed by atoms with van der Waals surface area (Å²) in [4.78, 5) is 11.2. The van der Waals surface area contributed by atoms with Crippen molar-refractivity contribution in [1.82, 2.24) is 0 Å². The molecule has 0 bridgehead atoms. The van der Waals surface area contributed by atoms with Crippen LogP contribution in [0.1, 0.15) is 31.9 Å². The number of allylic oxidation sites excluding steroid dienone is 1. The molecule has 4 nitrogen and oxygen atoms in total. The zero-order chi connectivity index (χ0) is 19.8. The molecule has 0 spiro atoms. The van der Waals surface area contributed by atoms with E-state index in [4.69, 9.17) is 14.6 Å². The average molecular weight is 433 g/mol. The van der Waals surface area contributed by atoms with Crippen molar-refractivity contribution in [3.8, 4) is 5.75 Å². The van der Waals surface area contributed by atoms with E-state index in [-0.39, 0.29) is 0 Å². The quantitative estimate of drug-likeness (QED) is 0.579. The van der Waals surface area contributed by atoms with E-state index in [9.17, 15) is 4.79 Å². The molecule has 0 saturated carbocycles. The highest BCUT2D eigenvalue weighted by Gasteiger charge is 2.17. The van der Waals surface area contributed by atoms with Gasteiger partial charge in [-0.3, -0.25) is 0 Å². The molecular formula is C22H25BrO4. The molecule has 144 valence electrons. The van der Waals surface area contributed by atoms with E-state index < -0.39 is 12.1 Å². The molecule has 0 unspecified atom stereocenters. The fourth-order valence-electron chi connectivity index (χ4n) is 2.60. The summed E-state index contributed by atoms with van der Waals surface area (Å²) in [6.45, 7) is 6.81. The molecule has 0 heterocycles. The Bertz CT molecular complexity index is 779. The Labute approximate surface area is 168 Å². The first-order valence-corrected chi connectivity index (χ1v) is 9.68. The number of hydrogen-bond donors (Lipinski definition) is 1. The van der Waals surface area contributed by atoms with Gasteiger partial charge in [-0.25, -0.2) is 4.79 Å². The summed E-state index contributed by atoms with van der Waals surface area (Å²) in [5.41, 5.74) is 4.43. The maximum Gasteiger partial charge on any atom is 0.333 e. The molecule has 2 rings (SSSR count). The summed E-state index contributed by atoms with van der Waals surface area (Å²) in [5, 5.41) is 9.17. The third kappa shape index (κ3) is 6.52. The van der Waals surface area contributed by atoms with E-state index in [1.165, 1.54) is 11.1 Å². The van der Waals surface area contributed by atoms with Crippen molar-refractivity contribution in [3.63, 3.8) is 0 Å². The summed E-state index contributed by atoms with van der Waals surface area (Å²) in [6, 6.07) is 15.7. The van der Waals surface area contributed by atoms with Crippen molar-refractivity contribution < 1.29 is 19.4 Å².